The minimum atomic E-state index is -1.10. The van der Waals surface area contributed by atoms with E-state index < -0.39 is 17.9 Å². The smallest absolute Gasteiger partial charge is 0.326 e. The lowest BCUT2D eigenvalue weighted by Crippen LogP contribution is -2.43. The molecule has 0 bridgehead atoms. The number of hydrogen-bond donors (Lipinski definition) is 1. The number of hydrogen-bond acceptors (Lipinski definition) is 5. The molecule has 2 aliphatic heterocycles. The number of carboxylic acid groups (broad SMARTS) is 1. The molecule has 1 atom stereocenters. The van der Waals surface area contributed by atoms with Crippen LogP contribution in [-0.4, -0.2) is 45.2 Å². The van der Waals surface area contributed by atoms with Gasteiger partial charge in [0.15, 0.2) is 0 Å². The van der Waals surface area contributed by atoms with E-state index in [-0.39, 0.29) is 15.1 Å². The quantitative estimate of drug-likeness (QED) is 0.643. The van der Waals surface area contributed by atoms with Crippen LogP contribution >= 0.6 is 24.0 Å². The van der Waals surface area contributed by atoms with Crippen LogP contribution in [0.1, 0.15) is 25.3 Å². The number of anilines is 1. The molecule has 25 heavy (non-hydrogen) atoms. The molecule has 2 heterocycles. The van der Waals surface area contributed by atoms with Crippen LogP contribution in [0.2, 0.25) is 0 Å². The van der Waals surface area contributed by atoms with Crippen molar-refractivity contribution in [3.8, 4) is 0 Å². The molecule has 0 spiro atoms. The zero-order valence-corrected chi connectivity index (χ0v) is 15.3. The third kappa shape index (κ3) is 2.75. The monoisotopic (exact) mass is 376 g/mol. The van der Waals surface area contributed by atoms with Gasteiger partial charge < -0.3 is 10.0 Å². The summed E-state index contributed by atoms with van der Waals surface area (Å²) in [4.78, 5) is 39.9. The third-order valence-electron chi connectivity index (χ3n) is 4.24. The first kappa shape index (κ1) is 17.6. The Kier molecular flexibility index (Phi) is 4.66. The number of carboxylic acids is 1. The Morgan fingerprint density at radius 3 is 2.60 bits per heavy atom. The van der Waals surface area contributed by atoms with E-state index in [0.29, 0.717) is 24.0 Å². The third-order valence-corrected chi connectivity index (χ3v) is 5.64. The second kappa shape index (κ2) is 6.61. The lowest BCUT2D eigenvalue weighted by atomic mass is 10.1. The van der Waals surface area contributed by atoms with Crippen LogP contribution in [0.25, 0.3) is 5.57 Å². The number of thioether (sulfide) groups is 1. The molecule has 130 valence electrons. The molecule has 0 saturated carbocycles. The summed E-state index contributed by atoms with van der Waals surface area (Å²) < 4.78 is 0.174. The maximum Gasteiger partial charge on any atom is 0.326 e. The number of benzene rings is 1. The topological polar surface area (TPSA) is 77.9 Å². The van der Waals surface area contributed by atoms with Crippen LogP contribution in [0.5, 0.6) is 0 Å². The second-order valence-corrected chi connectivity index (χ2v) is 7.42. The Morgan fingerprint density at radius 1 is 1.28 bits per heavy atom. The number of para-hydroxylation sites is 1. The second-order valence-electron chi connectivity index (χ2n) is 5.77. The molecule has 0 radical (unpaired) electrons. The number of carbonyl (C=O) groups is 3. The largest absolute Gasteiger partial charge is 0.480 e. The molecule has 3 rings (SSSR count). The van der Waals surface area contributed by atoms with Crippen LogP contribution in [0.15, 0.2) is 29.2 Å². The van der Waals surface area contributed by atoms with E-state index in [1.807, 2.05) is 13.0 Å². The molecule has 0 aromatic heterocycles. The van der Waals surface area contributed by atoms with E-state index in [2.05, 4.69) is 0 Å². The molecular weight excluding hydrogens is 360 g/mol. The summed E-state index contributed by atoms with van der Waals surface area (Å²) in [6.07, 6.45) is 0.902. The Hall–Kier alpha value is -2.19. The van der Waals surface area contributed by atoms with E-state index in [1.54, 1.807) is 25.2 Å². The van der Waals surface area contributed by atoms with E-state index in [9.17, 15) is 19.5 Å². The first-order chi connectivity index (χ1) is 11.9. The molecule has 8 heteroatoms. The van der Waals surface area contributed by atoms with Gasteiger partial charge in [-0.25, -0.2) is 4.79 Å². The number of amides is 2. The Morgan fingerprint density at radius 2 is 1.96 bits per heavy atom. The van der Waals surface area contributed by atoms with Crippen molar-refractivity contribution >= 4 is 57.3 Å². The first-order valence-electron chi connectivity index (χ1n) is 7.78. The van der Waals surface area contributed by atoms with Gasteiger partial charge in [-0.15, -0.1) is 0 Å². The molecule has 1 aromatic carbocycles. The van der Waals surface area contributed by atoms with E-state index in [1.165, 1.54) is 4.90 Å². The standard InChI is InChI=1S/C17H16N2O4S2/c1-3-6-11(16(22)23)19-15(21)13(25-17(19)24)12-9-7-4-5-8-10(9)18(2)14(12)20/h4-5,7-8,11H,3,6H2,1-2H3,(H,22,23)/b13-12-/t11-/m1/s1. The number of rotatable bonds is 4. The average molecular weight is 376 g/mol. The summed E-state index contributed by atoms with van der Waals surface area (Å²) in [5.41, 5.74) is 1.67. The Balaban J connectivity index is 2.09. The van der Waals surface area contributed by atoms with Crippen LogP contribution in [0.4, 0.5) is 5.69 Å². The van der Waals surface area contributed by atoms with Gasteiger partial charge in [-0.3, -0.25) is 14.5 Å². The summed E-state index contributed by atoms with van der Waals surface area (Å²) >= 11 is 6.25. The molecule has 2 aliphatic rings. The summed E-state index contributed by atoms with van der Waals surface area (Å²) in [6, 6.07) is 6.18. The average Bonchev–Trinajstić information content (AvgIpc) is 3.00. The maximum atomic E-state index is 12.9. The fraction of sp³-hybridized carbons (Fsp3) is 0.294. The molecular formula is C17H16N2O4S2. The van der Waals surface area contributed by atoms with Crippen molar-refractivity contribution in [2.24, 2.45) is 0 Å². The van der Waals surface area contributed by atoms with E-state index in [0.717, 1.165) is 22.3 Å². The molecule has 0 unspecified atom stereocenters. The first-order valence-corrected chi connectivity index (χ1v) is 9.00. The lowest BCUT2D eigenvalue weighted by Gasteiger charge is -2.22. The van der Waals surface area contributed by atoms with Gasteiger partial charge in [-0.05, 0) is 12.5 Å². The van der Waals surface area contributed by atoms with Crippen molar-refractivity contribution < 1.29 is 19.5 Å². The normalized spacial score (nSPS) is 21.1. The lowest BCUT2D eigenvalue weighted by molar-refractivity contribution is -0.145. The van der Waals surface area contributed by atoms with Gasteiger partial charge in [0, 0.05) is 12.6 Å². The van der Waals surface area contributed by atoms with Crippen LogP contribution < -0.4 is 4.90 Å². The zero-order chi connectivity index (χ0) is 18.3. The molecule has 0 aliphatic carbocycles. The fourth-order valence-electron chi connectivity index (χ4n) is 3.02. The van der Waals surface area contributed by atoms with Crippen molar-refractivity contribution in [3.05, 3.63) is 34.7 Å². The minimum absolute atomic E-state index is 0.174. The van der Waals surface area contributed by atoms with Crippen molar-refractivity contribution in [1.82, 2.24) is 4.90 Å². The number of thiocarbonyl (C=S) groups is 1. The molecule has 2 amide bonds. The van der Waals surface area contributed by atoms with E-state index in [4.69, 9.17) is 12.2 Å². The molecule has 1 fully saturated rings. The van der Waals surface area contributed by atoms with Crippen LogP contribution in [0.3, 0.4) is 0 Å². The maximum absolute atomic E-state index is 12.9. The highest BCUT2D eigenvalue weighted by atomic mass is 32.2. The van der Waals surface area contributed by atoms with Gasteiger partial charge in [0.1, 0.15) is 10.4 Å². The van der Waals surface area contributed by atoms with Crippen LogP contribution in [-0.2, 0) is 14.4 Å². The number of carbonyl (C=O) groups excluding carboxylic acids is 2. The molecule has 1 saturated heterocycles. The van der Waals surface area contributed by atoms with Gasteiger partial charge in [0.2, 0.25) is 0 Å². The number of likely N-dealkylation sites (N-methyl/N-ethyl adjacent to an activating group) is 1. The van der Waals surface area contributed by atoms with Crippen molar-refractivity contribution in [1.29, 1.82) is 0 Å². The number of nitrogens with zero attached hydrogens (tertiary/aromatic N) is 2. The summed E-state index contributed by atoms with van der Waals surface area (Å²) in [7, 11) is 1.64. The van der Waals surface area contributed by atoms with Crippen LogP contribution in [0, 0.1) is 0 Å². The summed E-state index contributed by atoms with van der Waals surface area (Å²) in [5.74, 6) is -1.90. The Labute approximate surface area is 154 Å². The SMILES string of the molecule is CCC[C@H](C(=O)O)N1C(=O)/C(=C2/C(=O)N(C)c3ccccc32)SC1=S. The fourth-order valence-corrected chi connectivity index (χ4v) is 4.45. The highest BCUT2D eigenvalue weighted by molar-refractivity contribution is 8.26. The highest BCUT2D eigenvalue weighted by Gasteiger charge is 2.44. The zero-order valence-electron chi connectivity index (χ0n) is 13.7. The van der Waals surface area contributed by atoms with Crippen molar-refractivity contribution in [3.63, 3.8) is 0 Å². The van der Waals surface area contributed by atoms with Crippen molar-refractivity contribution in [2.45, 2.75) is 25.8 Å². The summed E-state index contributed by atoms with van der Waals surface area (Å²) in [5, 5.41) is 9.45. The van der Waals surface area contributed by atoms with Gasteiger partial charge in [-0.1, -0.05) is 55.5 Å². The molecule has 1 aromatic rings. The Bertz CT molecular complexity index is 834. The predicted octanol–water partition coefficient (Wildman–Crippen LogP) is 2.49. The highest BCUT2D eigenvalue weighted by Crippen LogP contribution is 2.44. The van der Waals surface area contributed by atoms with Gasteiger partial charge in [-0.2, -0.15) is 0 Å². The van der Waals surface area contributed by atoms with E-state index >= 15 is 0 Å². The number of aliphatic carboxylic acids is 1. The van der Waals surface area contributed by atoms with Gasteiger partial charge in [0.25, 0.3) is 11.8 Å². The molecule has 1 N–H and O–H groups in total. The summed E-state index contributed by atoms with van der Waals surface area (Å²) in [6.45, 7) is 1.84. The van der Waals surface area contributed by atoms with Gasteiger partial charge >= 0.3 is 5.97 Å². The predicted molar refractivity (Wildman–Crippen MR) is 100 cm³/mol. The molecule has 6 nitrogen and oxygen atoms in total. The minimum Gasteiger partial charge on any atom is -0.480 e. The van der Waals surface area contributed by atoms with Crippen molar-refractivity contribution in [2.75, 3.05) is 11.9 Å². The van der Waals surface area contributed by atoms with Gasteiger partial charge in [0.05, 0.1) is 16.2 Å². The number of fused-ring (bicyclic) bond motifs is 1.